The number of rotatable bonds is 6. The molecule has 160 valence electrons. The first-order valence-corrected chi connectivity index (χ1v) is 9.29. The summed E-state index contributed by atoms with van der Waals surface area (Å²) in [6.07, 6.45) is -1.28. The van der Waals surface area contributed by atoms with Crippen LogP contribution in [0, 0.1) is 5.92 Å². The Morgan fingerprint density at radius 3 is 2.07 bits per heavy atom. The molecule has 1 fully saturated rings. The molecular weight excluding hydrogens is 370 g/mol. The second-order valence-electron chi connectivity index (χ2n) is 8.01. The zero-order chi connectivity index (χ0) is 21.6. The maximum atomic E-state index is 12.5. The molecule has 10 nitrogen and oxygen atoms in total. The number of aliphatic hydroxyl groups excluding tert-OH is 1. The lowest BCUT2D eigenvalue weighted by Crippen LogP contribution is -2.56. The van der Waals surface area contributed by atoms with E-state index in [1.807, 2.05) is 0 Å². The van der Waals surface area contributed by atoms with Crippen molar-refractivity contribution in [3.8, 4) is 0 Å². The van der Waals surface area contributed by atoms with Gasteiger partial charge in [0.2, 0.25) is 11.8 Å². The third-order valence-corrected chi connectivity index (χ3v) is 4.32. The normalized spacial score (nSPS) is 18.6. The number of carbonyl (C=O) groups is 4. The summed E-state index contributed by atoms with van der Waals surface area (Å²) in [5, 5.41) is 25.1. The lowest BCUT2D eigenvalue weighted by molar-refractivity contribution is -0.310. The van der Waals surface area contributed by atoms with Crippen LogP contribution < -0.4 is 15.7 Å². The molecule has 0 aliphatic carbocycles. The van der Waals surface area contributed by atoms with E-state index in [9.17, 15) is 29.4 Å². The number of nitrogens with one attached hydrogen (secondary N) is 2. The molecule has 1 aliphatic rings. The second-order valence-corrected chi connectivity index (χ2v) is 8.01. The van der Waals surface area contributed by atoms with Crippen molar-refractivity contribution < 1.29 is 34.1 Å². The molecule has 0 aromatic heterocycles. The first-order valence-electron chi connectivity index (χ1n) is 9.29. The average Bonchev–Trinajstić information content (AvgIpc) is 2.56. The molecule has 3 amide bonds. The Kier molecular flexibility index (Phi) is 8.22. The minimum Gasteiger partial charge on any atom is -0.548 e. The maximum Gasteiger partial charge on any atom is 0.408 e. The Bertz CT molecular complexity index is 592. The number of nitrogens with zero attached hydrogens (tertiary/aromatic N) is 1. The molecule has 3 N–H and O–H groups in total. The summed E-state index contributed by atoms with van der Waals surface area (Å²) in [6.45, 7) is 8.55. The first-order chi connectivity index (χ1) is 12.8. The van der Waals surface area contributed by atoms with Gasteiger partial charge in [-0.1, -0.05) is 0 Å². The smallest absolute Gasteiger partial charge is 0.408 e. The van der Waals surface area contributed by atoms with E-state index in [1.165, 1.54) is 11.8 Å². The van der Waals surface area contributed by atoms with Crippen LogP contribution in [-0.2, 0) is 19.1 Å². The largest absolute Gasteiger partial charge is 0.548 e. The van der Waals surface area contributed by atoms with Crippen LogP contribution in [0.1, 0.15) is 47.5 Å². The molecule has 1 saturated heterocycles. The SMILES string of the molecule is C[C@H](NC(=O)OC(C)(C)C)C(=O)N1CCC(C(=O)N[C@H](C(=O)[O-])[C@H](C)O)CC1. The highest BCUT2D eigenvalue weighted by atomic mass is 16.6. The summed E-state index contributed by atoms with van der Waals surface area (Å²) in [5.74, 6) is -2.82. The molecule has 3 atom stereocenters. The van der Waals surface area contributed by atoms with Gasteiger partial charge in [0.1, 0.15) is 11.6 Å². The van der Waals surface area contributed by atoms with Crippen molar-refractivity contribution >= 4 is 23.9 Å². The number of aliphatic carboxylic acids is 1. The van der Waals surface area contributed by atoms with Gasteiger partial charge in [-0.05, 0) is 47.5 Å². The monoisotopic (exact) mass is 400 g/mol. The van der Waals surface area contributed by atoms with Gasteiger partial charge in [0.15, 0.2) is 0 Å². The number of ether oxygens (including phenoxy) is 1. The predicted octanol–water partition coefficient (Wildman–Crippen LogP) is -1.25. The number of carboxylic acid groups (broad SMARTS) is 1. The minimum atomic E-state index is -1.56. The van der Waals surface area contributed by atoms with E-state index in [2.05, 4.69) is 10.6 Å². The number of piperidine rings is 1. The summed E-state index contributed by atoms with van der Waals surface area (Å²) in [4.78, 5) is 49.0. The third kappa shape index (κ3) is 7.34. The van der Waals surface area contributed by atoms with Crippen LogP contribution in [-0.4, -0.2) is 70.8 Å². The highest BCUT2D eigenvalue weighted by molar-refractivity contribution is 5.87. The quantitative estimate of drug-likeness (QED) is 0.505. The van der Waals surface area contributed by atoms with Gasteiger partial charge in [0.25, 0.3) is 0 Å². The molecule has 0 bridgehead atoms. The minimum absolute atomic E-state index is 0.290. The van der Waals surface area contributed by atoms with E-state index in [4.69, 9.17) is 4.74 Å². The van der Waals surface area contributed by atoms with Crippen LogP contribution in [0.25, 0.3) is 0 Å². The molecule has 1 rings (SSSR count). The van der Waals surface area contributed by atoms with Gasteiger partial charge in [0, 0.05) is 19.0 Å². The Balaban J connectivity index is 2.52. The molecule has 0 aromatic rings. The topological polar surface area (TPSA) is 148 Å². The first kappa shape index (κ1) is 23.7. The lowest BCUT2D eigenvalue weighted by Gasteiger charge is -2.34. The van der Waals surface area contributed by atoms with E-state index >= 15 is 0 Å². The Labute approximate surface area is 164 Å². The number of hydrogen-bond acceptors (Lipinski definition) is 7. The summed E-state index contributed by atoms with van der Waals surface area (Å²) in [5.41, 5.74) is -0.673. The number of carboxylic acids is 1. The number of alkyl carbamates (subject to hydrolysis) is 1. The molecule has 0 saturated carbocycles. The van der Waals surface area contributed by atoms with Crippen LogP contribution in [0.2, 0.25) is 0 Å². The van der Waals surface area contributed by atoms with Crippen molar-refractivity contribution in [3.05, 3.63) is 0 Å². The van der Waals surface area contributed by atoms with E-state index in [0.29, 0.717) is 25.9 Å². The standard InChI is InChI=1S/C18H31N3O7/c1-10(19-17(27)28-18(3,4)5)15(24)21-8-6-12(7-9-21)14(23)20-13(11(2)22)16(25)26/h10-13,22H,6-9H2,1-5H3,(H,19,27)(H,20,23)(H,25,26)/p-1/t10-,11-,13-/m0/s1. The number of carbonyl (C=O) groups excluding carboxylic acids is 4. The summed E-state index contributed by atoms with van der Waals surface area (Å²) in [7, 11) is 0. The Hall–Kier alpha value is -2.36. The van der Waals surface area contributed by atoms with Crippen molar-refractivity contribution in [2.45, 2.75) is 71.2 Å². The number of aliphatic hydroxyl groups is 1. The molecule has 0 radical (unpaired) electrons. The second kappa shape index (κ2) is 9.72. The van der Waals surface area contributed by atoms with Crippen LogP contribution in [0.15, 0.2) is 0 Å². The van der Waals surface area contributed by atoms with Crippen molar-refractivity contribution in [2.75, 3.05) is 13.1 Å². The molecule has 1 aliphatic heterocycles. The van der Waals surface area contributed by atoms with Crippen LogP contribution in [0.3, 0.4) is 0 Å². The van der Waals surface area contributed by atoms with Crippen LogP contribution in [0.5, 0.6) is 0 Å². The Morgan fingerprint density at radius 1 is 1.11 bits per heavy atom. The van der Waals surface area contributed by atoms with Crippen molar-refractivity contribution in [1.82, 2.24) is 15.5 Å². The molecule has 0 spiro atoms. The van der Waals surface area contributed by atoms with Crippen LogP contribution in [0.4, 0.5) is 4.79 Å². The average molecular weight is 400 g/mol. The Morgan fingerprint density at radius 2 is 1.64 bits per heavy atom. The van der Waals surface area contributed by atoms with Crippen molar-refractivity contribution in [1.29, 1.82) is 0 Å². The van der Waals surface area contributed by atoms with Gasteiger partial charge >= 0.3 is 6.09 Å². The van der Waals surface area contributed by atoms with Crippen molar-refractivity contribution in [3.63, 3.8) is 0 Å². The van der Waals surface area contributed by atoms with E-state index in [1.54, 1.807) is 27.7 Å². The van der Waals surface area contributed by atoms with Crippen molar-refractivity contribution in [2.24, 2.45) is 5.92 Å². The highest BCUT2D eigenvalue weighted by Gasteiger charge is 2.32. The van der Waals surface area contributed by atoms with Gasteiger partial charge < -0.3 is 35.3 Å². The molecule has 10 heteroatoms. The summed E-state index contributed by atoms with van der Waals surface area (Å²) < 4.78 is 5.12. The van der Waals surface area contributed by atoms with Gasteiger partial charge in [-0.3, -0.25) is 9.59 Å². The summed E-state index contributed by atoms with van der Waals surface area (Å²) >= 11 is 0. The number of likely N-dealkylation sites (tertiary alicyclic amines) is 1. The molecule has 28 heavy (non-hydrogen) atoms. The zero-order valence-corrected chi connectivity index (χ0v) is 17.0. The van der Waals surface area contributed by atoms with Crippen LogP contribution >= 0.6 is 0 Å². The molecule has 0 unspecified atom stereocenters. The van der Waals surface area contributed by atoms with E-state index in [-0.39, 0.29) is 5.91 Å². The highest BCUT2D eigenvalue weighted by Crippen LogP contribution is 2.18. The fraction of sp³-hybridized carbons (Fsp3) is 0.778. The fourth-order valence-electron chi connectivity index (χ4n) is 2.83. The maximum absolute atomic E-state index is 12.5. The van der Waals surface area contributed by atoms with Gasteiger partial charge in [0.05, 0.1) is 18.1 Å². The molecular formula is C18H30N3O7-. The molecule has 0 aromatic carbocycles. The van der Waals surface area contributed by atoms with Gasteiger partial charge in [-0.2, -0.15) is 0 Å². The fourth-order valence-corrected chi connectivity index (χ4v) is 2.83. The molecule has 1 heterocycles. The summed E-state index contributed by atoms with van der Waals surface area (Å²) in [6, 6.07) is -2.26. The van der Waals surface area contributed by atoms with Gasteiger partial charge in [-0.25, -0.2) is 4.79 Å². The third-order valence-electron chi connectivity index (χ3n) is 4.32. The lowest BCUT2D eigenvalue weighted by atomic mass is 9.95. The number of hydrogen-bond donors (Lipinski definition) is 3. The number of amides is 3. The van der Waals surface area contributed by atoms with Gasteiger partial charge in [-0.15, -0.1) is 0 Å². The predicted molar refractivity (Wildman–Crippen MR) is 96.8 cm³/mol. The van der Waals surface area contributed by atoms with E-state index < -0.39 is 47.7 Å². The van der Waals surface area contributed by atoms with E-state index in [0.717, 1.165) is 0 Å². The zero-order valence-electron chi connectivity index (χ0n) is 17.0.